The molecule has 3 heterocycles. The number of aromatic nitrogens is 1. The van der Waals surface area contributed by atoms with Crippen molar-refractivity contribution in [3.63, 3.8) is 0 Å². The third-order valence-electron chi connectivity index (χ3n) is 5.37. The molecule has 1 aromatic carbocycles. The average molecular weight is 487 g/mol. The number of carbonyl (C=O) groups excluding carboxylic acids is 3. The molecule has 9 nitrogen and oxygen atoms in total. The van der Waals surface area contributed by atoms with Gasteiger partial charge in [0.15, 0.2) is 5.37 Å². The van der Waals surface area contributed by atoms with E-state index in [1.165, 1.54) is 30.2 Å². The lowest BCUT2D eigenvalue weighted by Gasteiger charge is -2.19. The van der Waals surface area contributed by atoms with Gasteiger partial charge in [0.25, 0.3) is 17.7 Å². The zero-order valence-corrected chi connectivity index (χ0v) is 18.8. The Balaban J connectivity index is 1.38. The molecule has 1 fully saturated rings. The summed E-state index contributed by atoms with van der Waals surface area (Å²) < 4.78 is 27.2. The number of hydrogen-bond acceptors (Lipinski definition) is 7. The average Bonchev–Trinajstić information content (AvgIpc) is 3.37. The number of hydrogen-bond donors (Lipinski definition) is 3. The summed E-state index contributed by atoms with van der Waals surface area (Å²) in [6.45, 7) is 0.511. The summed E-state index contributed by atoms with van der Waals surface area (Å²) in [5.74, 6) is -5.03. The second kappa shape index (κ2) is 9.26. The van der Waals surface area contributed by atoms with Crippen molar-refractivity contribution >= 4 is 40.9 Å². The van der Waals surface area contributed by atoms with Crippen LogP contribution in [0.4, 0.5) is 20.2 Å². The molecule has 0 spiro atoms. The number of halogens is 2. The Morgan fingerprint density at radius 2 is 2.15 bits per heavy atom. The molecule has 1 saturated heterocycles. The monoisotopic (exact) mass is 486 g/mol. The van der Waals surface area contributed by atoms with E-state index >= 15 is 0 Å². The fourth-order valence-corrected chi connectivity index (χ4v) is 4.81. The number of rotatable bonds is 5. The number of carbonyl (C=O) groups is 3. The summed E-state index contributed by atoms with van der Waals surface area (Å²) in [5, 5.41) is 16.6. The molecule has 176 valence electrons. The number of nitrogens with one attached hydrogen (secondary N) is 3. The van der Waals surface area contributed by atoms with Gasteiger partial charge in [-0.2, -0.15) is 5.26 Å². The van der Waals surface area contributed by atoms with Gasteiger partial charge in [-0.1, -0.05) is 17.8 Å². The van der Waals surface area contributed by atoms with Gasteiger partial charge in [0.2, 0.25) is 5.91 Å². The van der Waals surface area contributed by atoms with Crippen molar-refractivity contribution in [2.45, 2.75) is 35.6 Å². The second-order valence-electron chi connectivity index (χ2n) is 7.96. The molecule has 2 aliphatic heterocycles. The molecule has 2 unspecified atom stereocenters. The Labute approximate surface area is 197 Å². The zero-order chi connectivity index (χ0) is 24.5. The highest BCUT2D eigenvalue weighted by Gasteiger charge is 2.47. The van der Waals surface area contributed by atoms with Crippen LogP contribution < -0.4 is 16.0 Å². The number of likely N-dealkylation sites (tertiary alicyclic amines) is 1. The maximum atomic E-state index is 13.6. The van der Waals surface area contributed by atoms with Crippen LogP contribution in [0.5, 0.6) is 0 Å². The van der Waals surface area contributed by atoms with Crippen LogP contribution in [0.25, 0.3) is 0 Å². The number of fused-ring (bicyclic) bond motifs is 1. The molecule has 2 aromatic rings. The highest BCUT2D eigenvalue weighted by molar-refractivity contribution is 8.01. The normalized spacial score (nSPS) is 20.1. The summed E-state index contributed by atoms with van der Waals surface area (Å²) in [7, 11) is 0. The van der Waals surface area contributed by atoms with E-state index in [0.29, 0.717) is 0 Å². The van der Waals surface area contributed by atoms with E-state index in [0.717, 1.165) is 21.0 Å². The number of thioether (sulfide) groups is 1. The van der Waals surface area contributed by atoms with Crippen molar-refractivity contribution < 1.29 is 23.2 Å². The summed E-state index contributed by atoms with van der Waals surface area (Å²) in [6.07, 6.45) is 1.92. The van der Waals surface area contributed by atoms with Crippen molar-refractivity contribution in [2.24, 2.45) is 0 Å². The highest BCUT2D eigenvalue weighted by Crippen LogP contribution is 2.39. The van der Waals surface area contributed by atoms with E-state index in [1.807, 2.05) is 25.1 Å². The number of alkyl halides is 2. The first-order valence-electron chi connectivity index (χ1n) is 10.3. The quantitative estimate of drug-likeness (QED) is 0.592. The third kappa shape index (κ3) is 4.94. The van der Waals surface area contributed by atoms with Crippen molar-refractivity contribution in [1.29, 1.82) is 5.26 Å². The third-order valence-corrected chi connectivity index (χ3v) is 6.53. The lowest BCUT2D eigenvalue weighted by atomic mass is 10.2. The van der Waals surface area contributed by atoms with Gasteiger partial charge >= 0.3 is 0 Å². The standard InChI is InChI=1S/C22H20F2N6O3S/c1-12-2-3-15-17(6-12)34-21(29-15)20(33)28-16-9-26-5-4-14(16)19(32)27-10-18(31)30-11-22(23,24)7-13(30)8-25/h2-6,9,13,21,29H,7,10-11H2,1H3,(H,27,32)(H,28,33). The predicted molar refractivity (Wildman–Crippen MR) is 120 cm³/mol. The maximum absolute atomic E-state index is 13.6. The summed E-state index contributed by atoms with van der Waals surface area (Å²) in [4.78, 5) is 43.5. The van der Waals surface area contributed by atoms with Crippen LogP contribution in [0.1, 0.15) is 22.3 Å². The molecule has 34 heavy (non-hydrogen) atoms. The van der Waals surface area contributed by atoms with Gasteiger partial charge in [-0.25, -0.2) is 8.78 Å². The molecule has 1 aromatic heterocycles. The first kappa shape index (κ1) is 23.4. The van der Waals surface area contributed by atoms with Gasteiger partial charge in [-0.05, 0) is 30.7 Å². The fraction of sp³-hybridized carbons (Fsp3) is 0.318. The minimum atomic E-state index is -3.15. The van der Waals surface area contributed by atoms with Crippen LogP contribution in [0, 0.1) is 18.3 Å². The Morgan fingerprint density at radius 1 is 1.35 bits per heavy atom. The first-order chi connectivity index (χ1) is 16.2. The van der Waals surface area contributed by atoms with Crippen LogP contribution in [0.15, 0.2) is 41.6 Å². The summed E-state index contributed by atoms with van der Waals surface area (Å²) in [6, 6.07) is 7.58. The molecule has 0 bridgehead atoms. The minimum Gasteiger partial charge on any atom is -0.364 e. The number of nitrogens with zero attached hydrogens (tertiary/aromatic N) is 3. The van der Waals surface area contributed by atoms with E-state index in [2.05, 4.69) is 20.9 Å². The van der Waals surface area contributed by atoms with Gasteiger partial charge in [-0.15, -0.1) is 0 Å². The van der Waals surface area contributed by atoms with Gasteiger partial charge in [0, 0.05) is 23.2 Å². The molecular formula is C22H20F2N6O3S. The van der Waals surface area contributed by atoms with E-state index in [-0.39, 0.29) is 11.3 Å². The Hall–Kier alpha value is -3.72. The molecular weight excluding hydrogens is 466 g/mol. The van der Waals surface area contributed by atoms with Crippen LogP contribution in [-0.4, -0.2) is 58.0 Å². The van der Waals surface area contributed by atoms with Crippen LogP contribution in [-0.2, 0) is 9.59 Å². The number of aryl methyl sites for hydroxylation is 1. The first-order valence-corrected chi connectivity index (χ1v) is 11.2. The Morgan fingerprint density at radius 3 is 2.91 bits per heavy atom. The van der Waals surface area contributed by atoms with Crippen molar-refractivity contribution in [3.05, 3.63) is 47.8 Å². The molecule has 0 aliphatic carbocycles. The number of amides is 3. The van der Waals surface area contributed by atoms with E-state index in [4.69, 9.17) is 5.26 Å². The number of nitriles is 1. The zero-order valence-electron chi connectivity index (χ0n) is 18.0. The van der Waals surface area contributed by atoms with Gasteiger partial charge in [0.1, 0.15) is 6.04 Å². The summed E-state index contributed by atoms with van der Waals surface area (Å²) >= 11 is 1.34. The van der Waals surface area contributed by atoms with Crippen LogP contribution in [0.2, 0.25) is 0 Å². The molecule has 0 saturated carbocycles. The Kier molecular flexibility index (Phi) is 6.39. The second-order valence-corrected chi connectivity index (χ2v) is 9.11. The minimum absolute atomic E-state index is 0.0519. The largest absolute Gasteiger partial charge is 0.364 e. The predicted octanol–water partition coefficient (Wildman–Crippen LogP) is 2.36. The molecule has 12 heteroatoms. The lowest BCUT2D eigenvalue weighted by molar-refractivity contribution is -0.131. The molecule has 4 rings (SSSR count). The van der Waals surface area contributed by atoms with Crippen molar-refractivity contribution in [3.8, 4) is 6.07 Å². The van der Waals surface area contributed by atoms with Crippen molar-refractivity contribution in [1.82, 2.24) is 15.2 Å². The number of anilines is 2. The number of pyridine rings is 1. The van der Waals surface area contributed by atoms with E-state index in [1.54, 1.807) is 6.07 Å². The van der Waals surface area contributed by atoms with Crippen molar-refractivity contribution in [2.75, 3.05) is 23.7 Å². The topological polar surface area (TPSA) is 127 Å². The molecule has 3 amide bonds. The SMILES string of the molecule is Cc1ccc2c(c1)SC(C(=O)Nc1cnccc1C(=O)NCC(=O)N1CC(F)(F)CC1C#N)N2. The van der Waals surface area contributed by atoms with Gasteiger partial charge in [0.05, 0.1) is 36.6 Å². The Bertz CT molecular complexity index is 1200. The summed E-state index contributed by atoms with van der Waals surface area (Å²) in [5.41, 5.74) is 2.08. The lowest BCUT2D eigenvalue weighted by Crippen LogP contribution is -2.43. The van der Waals surface area contributed by atoms with E-state index in [9.17, 15) is 23.2 Å². The van der Waals surface area contributed by atoms with Crippen LogP contribution in [0.3, 0.4) is 0 Å². The van der Waals surface area contributed by atoms with Crippen LogP contribution >= 0.6 is 11.8 Å². The molecule has 2 atom stereocenters. The van der Waals surface area contributed by atoms with Gasteiger partial charge in [-0.3, -0.25) is 19.4 Å². The molecule has 3 N–H and O–H groups in total. The number of benzene rings is 1. The van der Waals surface area contributed by atoms with E-state index < -0.39 is 54.6 Å². The smallest absolute Gasteiger partial charge is 0.268 e. The fourth-order valence-electron chi connectivity index (χ4n) is 3.70. The molecule has 2 aliphatic rings. The van der Waals surface area contributed by atoms with Gasteiger partial charge < -0.3 is 20.9 Å². The highest BCUT2D eigenvalue weighted by atomic mass is 32.2. The maximum Gasteiger partial charge on any atom is 0.268 e. The molecule has 0 radical (unpaired) electrons.